The largest absolute Gasteiger partial charge is 0.478 e. The molecule has 1 N–H and O–H groups in total. The van der Waals surface area contributed by atoms with Crippen LogP contribution < -0.4 is 4.74 Å². The molecule has 0 spiro atoms. The number of hydrogen-bond acceptors (Lipinski definition) is 3. The molecule has 0 amide bonds. The van der Waals surface area contributed by atoms with Crippen molar-refractivity contribution in [2.75, 3.05) is 0 Å². The van der Waals surface area contributed by atoms with E-state index in [-0.39, 0.29) is 10.8 Å². The summed E-state index contributed by atoms with van der Waals surface area (Å²) in [6.07, 6.45) is 3.91. The number of aryl methyl sites for hydroxylation is 1. The molecule has 0 aliphatic rings. The van der Waals surface area contributed by atoms with Crippen LogP contribution in [0.1, 0.15) is 11.1 Å². The molecule has 0 fully saturated rings. The molecule has 4 nitrogen and oxygen atoms in total. The van der Waals surface area contributed by atoms with Gasteiger partial charge in [0.25, 0.3) is 0 Å². The average molecular weight is 308 g/mol. The van der Waals surface area contributed by atoms with Gasteiger partial charge in [0.15, 0.2) is 0 Å². The van der Waals surface area contributed by atoms with Gasteiger partial charge in [0.1, 0.15) is 11.6 Å². The number of hydrogen-bond donors (Lipinski definition) is 1. The van der Waals surface area contributed by atoms with E-state index in [1.807, 2.05) is 0 Å². The first-order valence-electron chi connectivity index (χ1n) is 5.96. The van der Waals surface area contributed by atoms with Crippen LogP contribution in [0.4, 0.5) is 4.39 Å². The van der Waals surface area contributed by atoms with Crippen LogP contribution >= 0.6 is 11.6 Å². The number of halogens is 2. The van der Waals surface area contributed by atoms with Crippen LogP contribution in [-0.2, 0) is 4.79 Å². The van der Waals surface area contributed by atoms with Crippen molar-refractivity contribution in [2.45, 2.75) is 6.92 Å². The fourth-order valence-corrected chi connectivity index (χ4v) is 1.72. The van der Waals surface area contributed by atoms with Gasteiger partial charge in [-0.15, -0.1) is 0 Å². The molecule has 0 atom stereocenters. The maximum atomic E-state index is 13.3. The molecule has 108 valence electrons. The van der Waals surface area contributed by atoms with Gasteiger partial charge in [-0.2, -0.15) is 0 Å². The first-order chi connectivity index (χ1) is 9.95. The maximum absolute atomic E-state index is 13.3. The lowest BCUT2D eigenvalue weighted by Gasteiger charge is -2.08. The van der Waals surface area contributed by atoms with Crippen molar-refractivity contribution in [2.24, 2.45) is 0 Å². The Hall–Kier alpha value is -2.40. The number of carboxylic acids is 1. The quantitative estimate of drug-likeness (QED) is 0.865. The highest BCUT2D eigenvalue weighted by atomic mass is 35.5. The first kappa shape index (κ1) is 15.0. The predicted octanol–water partition coefficient (Wildman–Crippen LogP) is 4.07. The molecule has 0 saturated heterocycles. The van der Waals surface area contributed by atoms with Gasteiger partial charge >= 0.3 is 5.97 Å². The van der Waals surface area contributed by atoms with E-state index in [0.29, 0.717) is 17.0 Å². The number of rotatable bonds is 4. The zero-order valence-corrected chi connectivity index (χ0v) is 11.8. The van der Waals surface area contributed by atoms with Gasteiger partial charge in [-0.05, 0) is 36.8 Å². The van der Waals surface area contributed by atoms with E-state index in [2.05, 4.69) is 4.98 Å². The van der Waals surface area contributed by atoms with Crippen LogP contribution in [0, 0.1) is 12.7 Å². The van der Waals surface area contributed by atoms with Gasteiger partial charge in [0.2, 0.25) is 5.88 Å². The van der Waals surface area contributed by atoms with Gasteiger partial charge in [0, 0.05) is 23.9 Å². The topological polar surface area (TPSA) is 59.4 Å². The summed E-state index contributed by atoms with van der Waals surface area (Å²) in [5, 5.41) is 8.58. The molecule has 1 aromatic heterocycles. The second kappa shape index (κ2) is 6.37. The van der Waals surface area contributed by atoms with E-state index < -0.39 is 11.8 Å². The second-order valence-electron chi connectivity index (χ2n) is 4.24. The molecule has 2 aromatic rings. The number of aliphatic carboxylic acids is 1. The van der Waals surface area contributed by atoms with Gasteiger partial charge in [0.05, 0.1) is 5.02 Å². The summed E-state index contributed by atoms with van der Waals surface area (Å²) in [6.45, 7) is 1.76. The Bertz CT molecular complexity index is 716. The van der Waals surface area contributed by atoms with E-state index in [9.17, 15) is 9.18 Å². The lowest BCUT2D eigenvalue weighted by atomic mass is 10.2. The second-order valence-corrected chi connectivity index (χ2v) is 4.65. The van der Waals surface area contributed by atoms with Crippen LogP contribution in [0.3, 0.4) is 0 Å². The van der Waals surface area contributed by atoms with Gasteiger partial charge in [-0.25, -0.2) is 14.2 Å². The number of ether oxygens (including phenoxy) is 1. The molecular weight excluding hydrogens is 297 g/mol. The number of carboxylic acid groups (broad SMARTS) is 1. The third-order valence-electron chi connectivity index (χ3n) is 2.58. The molecule has 0 unspecified atom stereocenters. The Balaban J connectivity index is 2.21. The molecular formula is C15H11ClFNO3. The maximum Gasteiger partial charge on any atom is 0.328 e. The van der Waals surface area contributed by atoms with Gasteiger partial charge in [-0.1, -0.05) is 11.6 Å². The number of pyridine rings is 1. The van der Waals surface area contributed by atoms with E-state index in [0.717, 1.165) is 6.08 Å². The fourth-order valence-electron chi connectivity index (χ4n) is 1.60. The van der Waals surface area contributed by atoms with Crippen molar-refractivity contribution in [3.8, 4) is 11.6 Å². The minimum Gasteiger partial charge on any atom is -0.478 e. The summed E-state index contributed by atoms with van der Waals surface area (Å²) >= 11 is 5.59. The summed E-state index contributed by atoms with van der Waals surface area (Å²) < 4.78 is 18.8. The molecule has 6 heteroatoms. The molecule has 0 aliphatic carbocycles. The normalized spacial score (nSPS) is 10.8. The predicted molar refractivity (Wildman–Crippen MR) is 77.1 cm³/mol. The first-order valence-corrected chi connectivity index (χ1v) is 6.34. The van der Waals surface area contributed by atoms with Crippen LogP contribution in [0.15, 0.2) is 36.5 Å². The Morgan fingerprint density at radius 2 is 2.19 bits per heavy atom. The summed E-state index contributed by atoms with van der Waals surface area (Å²) in [5.74, 6) is -1.03. The van der Waals surface area contributed by atoms with Crippen molar-refractivity contribution in [1.29, 1.82) is 0 Å². The zero-order valence-electron chi connectivity index (χ0n) is 11.0. The SMILES string of the molecule is Cc1cc(/C=C/C(=O)O)cnc1Oc1ccc(Cl)c(F)c1. The number of nitrogens with zero attached hydrogens (tertiary/aromatic N) is 1. The van der Waals surface area contributed by atoms with E-state index in [4.69, 9.17) is 21.4 Å². The fraction of sp³-hybridized carbons (Fsp3) is 0.0667. The smallest absolute Gasteiger partial charge is 0.328 e. The standard InChI is InChI=1S/C15H11ClFNO3/c1-9-6-10(2-5-14(19)20)8-18-15(9)21-11-3-4-12(16)13(17)7-11/h2-8H,1H3,(H,19,20)/b5-2+. The molecule has 0 bridgehead atoms. The van der Waals surface area contributed by atoms with Crippen molar-refractivity contribution in [1.82, 2.24) is 4.98 Å². The Morgan fingerprint density at radius 3 is 2.81 bits per heavy atom. The van der Waals surface area contributed by atoms with Crippen molar-refractivity contribution in [3.63, 3.8) is 0 Å². The molecule has 21 heavy (non-hydrogen) atoms. The van der Waals surface area contributed by atoms with Crippen LogP contribution in [0.5, 0.6) is 11.6 Å². The minimum atomic E-state index is -1.04. The Labute approximate surface area is 125 Å². The molecule has 1 heterocycles. The molecule has 2 rings (SSSR count). The monoisotopic (exact) mass is 307 g/mol. The lowest BCUT2D eigenvalue weighted by molar-refractivity contribution is -0.131. The van der Waals surface area contributed by atoms with Crippen LogP contribution in [0.25, 0.3) is 6.08 Å². The van der Waals surface area contributed by atoms with Crippen molar-refractivity contribution in [3.05, 3.63) is 58.5 Å². The minimum absolute atomic E-state index is 0.0150. The Morgan fingerprint density at radius 1 is 1.43 bits per heavy atom. The van der Waals surface area contributed by atoms with Crippen LogP contribution in [0.2, 0.25) is 5.02 Å². The van der Waals surface area contributed by atoms with E-state index >= 15 is 0 Å². The zero-order chi connectivity index (χ0) is 15.4. The third-order valence-corrected chi connectivity index (χ3v) is 2.88. The van der Waals surface area contributed by atoms with Gasteiger partial charge in [-0.3, -0.25) is 0 Å². The highest BCUT2D eigenvalue weighted by Gasteiger charge is 2.06. The Kier molecular flexibility index (Phi) is 4.55. The van der Waals surface area contributed by atoms with Gasteiger partial charge < -0.3 is 9.84 Å². The van der Waals surface area contributed by atoms with E-state index in [1.54, 1.807) is 13.0 Å². The third kappa shape index (κ3) is 4.03. The molecule has 0 radical (unpaired) electrons. The molecule has 1 aromatic carbocycles. The summed E-state index contributed by atoms with van der Waals surface area (Å²) in [7, 11) is 0. The number of carbonyl (C=O) groups is 1. The summed E-state index contributed by atoms with van der Waals surface area (Å²) in [4.78, 5) is 14.5. The summed E-state index contributed by atoms with van der Waals surface area (Å²) in [6, 6.07) is 5.81. The average Bonchev–Trinajstić information content (AvgIpc) is 2.43. The highest BCUT2D eigenvalue weighted by Crippen LogP contribution is 2.26. The lowest BCUT2D eigenvalue weighted by Crippen LogP contribution is -1.93. The molecule has 0 aliphatic heterocycles. The number of benzene rings is 1. The van der Waals surface area contributed by atoms with Crippen molar-refractivity contribution >= 4 is 23.6 Å². The van der Waals surface area contributed by atoms with Crippen molar-refractivity contribution < 1.29 is 19.0 Å². The molecule has 0 saturated carbocycles. The highest BCUT2D eigenvalue weighted by molar-refractivity contribution is 6.30. The summed E-state index contributed by atoms with van der Waals surface area (Å²) in [5.41, 5.74) is 1.32. The van der Waals surface area contributed by atoms with E-state index in [1.165, 1.54) is 30.5 Å². The number of aromatic nitrogens is 1. The van der Waals surface area contributed by atoms with Crippen LogP contribution in [-0.4, -0.2) is 16.1 Å².